The van der Waals surface area contributed by atoms with Gasteiger partial charge in [-0.15, -0.1) is 0 Å². The molecule has 1 aliphatic heterocycles. The molecule has 0 amide bonds. The molecule has 1 saturated heterocycles. The Morgan fingerprint density at radius 1 is 1.26 bits per heavy atom. The lowest BCUT2D eigenvalue weighted by atomic mass is 10.1. The molecule has 0 bridgehead atoms. The minimum Gasteiger partial charge on any atom is -0.496 e. The van der Waals surface area contributed by atoms with Gasteiger partial charge in [-0.2, -0.15) is 4.98 Å². The number of nitrogen functional groups attached to an aromatic ring is 1. The molecule has 122 valence electrons. The van der Waals surface area contributed by atoms with E-state index in [9.17, 15) is 0 Å². The fourth-order valence-electron chi connectivity index (χ4n) is 2.83. The summed E-state index contributed by atoms with van der Waals surface area (Å²) in [7, 11) is 1.67. The maximum Gasteiger partial charge on any atom is 0.224 e. The van der Waals surface area contributed by atoms with E-state index in [1.807, 2.05) is 24.3 Å². The first kappa shape index (κ1) is 15.6. The lowest BCUT2D eigenvalue weighted by Gasteiger charge is -2.23. The van der Waals surface area contributed by atoms with Gasteiger partial charge in [0.25, 0.3) is 0 Å². The van der Waals surface area contributed by atoms with Crippen LogP contribution in [0.4, 0.5) is 11.8 Å². The van der Waals surface area contributed by atoms with E-state index >= 15 is 0 Å². The van der Waals surface area contributed by atoms with Crippen LogP contribution in [0.15, 0.2) is 30.5 Å². The number of hydrogen-bond acceptors (Lipinski definition) is 6. The minimum absolute atomic E-state index is 0.413. The molecule has 6 nitrogen and oxygen atoms in total. The first-order valence-electron chi connectivity index (χ1n) is 7.97. The van der Waals surface area contributed by atoms with Crippen LogP contribution in [0.2, 0.25) is 0 Å². The van der Waals surface area contributed by atoms with Crippen LogP contribution in [0.3, 0.4) is 0 Å². The molecule has 0 radical (unpaired) electrons. The van der Waals surface area contributed by atoms with E-state index in [1.165, 1.54) is 0 Å². The van der Waals surface area contributed by atoms with Crippen molar-refractivity contribution in [3.63, 3.8) is 0 Å². The van der Waals surface area contributed by atoms with Crippen LogP contribution in [0.1, 0.15) is 24.0 Å². The molecule has 2 heterocycles. The van der Waals surface area contributed by atoms with Crippen LogP contribution in [0.25, 0.3) is 0 Å². The molecule has 2 aromatic rings. The highest BCUT2D eigenvalue weighted by atomic mass is 16.5. The molecule has 4 N–H and O–H groups in total. The molecule has 1 aromatic carbocycles. The Morgan fingerprint density at radius 3 is 2.78 bits per heavy atom. The number of methoxy groups -OCH3 is 1. The number of ether oxygens (including phenoxy) is 1. The van der Waals surface area contributed by atoms with Crippen molar-refractivity contribution in [1.29, 1.82) is 0 Å². The Balaban J connectivity index is 1.71. The van der Waals surface area contributed by atoms with Gasteiger partial charge in [0.2, 0.25) is 5.95 Å². The van der Waals surface area contributed by atoms with E-state index in [1.54, 1.807) is 13.3 Å². The van der Waals surface area contributed by atoms with Gasteiger partial charge in [0.05, 0.1) is 7.11 Å². The molecule has 0 atom stereocenters. The van der Waals surface area contributed by atoms with Crippen LogP contribution < -0.4 is 21.1 Å². The summed E-state index contributed by atoms with van der Waals surface area (Å²) < 4.78 is 5.38. The van der Waals surface area contributed by atoms with E-state index in [4.69, 9.17) is 10.5 Å². The molecule has 1 fully saturated rings. The van der Waals surface area contributed by atoms with Gasteiger partial charge >= 0.3 is 0 Å². The van der Waals surface area contributed by atoms with Crippen molar-refractivity contribution >= 4 is 11.8 Å². The number of nitrogens with two attached hydrogens (primary N) is 1. The van der Waals surface area contributed by atoms with Gasteiger partial charge < -0.3 is 21.1 Å². The Morgan fingerprint density at radius 2 is 2.04 bits per heavy atom. The topological polar surface area (TPSA) is 85.1 Å². The molecule has 1 aromatic heterocycles. The number of aromatic nitrogens is 2. The number of piperidine rings is 1. The van der Waals surface area contributed by atoms with Gasteiger partial charge in [0.15, 0.2) is 0 Å². The third-order valence-corrected chi connectivity index (χ3v) is 4.14. The number of anilines is 2. The summed E-state index contributed by atoms with van der Waals surface area (Å²) in [5, 5.41) is 6.71. The lowest BCUT2D eigenvalue weighted by Crippen LogP contribution is -2.35. The molecule has 0 saturated carbocycles. The number of para-hydroxylation sites is 1. The summed E-state index contributed by atoms with van der Waals surface area (Å²) in [6.07, 6.45) is 4.61. The van der Waals surface area contributed by atoms with Gasteiger partial charge in [-0.25, -0.2) is 4.98 Å². The van der Waals surface area contributed by atoms with Crippen molar-refractivity contribution in [2.24, 2.45) is 0 Å². The fraction of sp³-hybridized carbons (Fsp3) is 0.412. The van der Waals surface area contributed by atoms with E-state index in [-0.39, 0.29) is 0 Å². The van der Waals surface area contributed by atoms with Gasteiger partial charge in [-0.05, 0) is 37.6 Å². The van der Waals surface area contributed by atoms with Crippen molar-refractivity contribution in [3.8, 4) is 5.75 Å². The SMILES string of the molecule is COc1ccccc1Cc1cnc(NC2CCNCC2)nc1N. The molecule has 1 aliphatic rings. The second-order valence-electron chi connectivity index (χ2n) is 5.76. The van der Waals surface area contributed by atoms with Crippen LogP contribution in [-0.2, 0) is 6.42 Å². The molecular formula is C17H23N5O. The zero-order valence-corrected chi connectivity index (χ0v) is 13.4. The van der Waals surface area contributed by atoms with Crippen LogP contribution in [0.5, 0.6) is 5.75 Å². The third-order valence-electron chi connectivity index (χ3n) is 4.14. The van der Waals surface area contributed by atoms with Gasteiger partial charge in [-0.1, -0.05) is 18.2 Å². The normalized spacial score (nSPS) is 15.3. The maximum atomic E-state index is 6.12. The van der Waals surface area contributed by atoms with Gasteiger partial charge in [-0.3, -0.25) is 0 Å². The monoisotopic (exact) mass is 313 g/mol. The average molecular weight is 313 g/mol. The molecule has 23 heavy (non-hydrogen) atoms. The summed E-state index contributed by atoms with van der Waals surface area (Å²) in [5.74, 6) is 1.98. The molecule has 0 spiro atoms. The number of rotatable bonds is 5. The highest BCUT2D eigenvalue weighted by Gasteiger charge is 2.15. The Labute approximate surface area is 136 Å². The molecular weight excluding hydrogens is 290 g/mol. The lowest BCUT2D eigenvalue weighted by molar-refractivity contribution is 0.410. The van der Waals surface area contributed by atoms with E-state index in [0.717, 1.165) is 42.8 Å². The van der Waals surface area contributed by atoms with E-state index in [0.29, 0.717) is 24.2 Å². The maximum absolute atomic E-state index is 6.12. The first-order valence-corrected chi connectivity index (χ1v) is 7.97. The summed E-state index contributed by atoms with van der Waals surface area (Å²) in [4.78, 5) is 8.84. The smallest absolute Gasteiger partial charge is 0.224 e. The van der Waals surface area contributed by atoms with Crippen LogP contribution in [-0.4, -0.2) is 36.2 Å². The summed E-state index contributed by atoms with van der Waals surface area (Å²) >= 11 is 0. The Bertz CT molecular complexity index is 655. The van der Waals surface area contributed by atoms with Crippen molar-refractivity contribution in [3.05, 3.63) is 41.6 Å². The molecule has 3 rings (SSSR count). The molecule has 0 aliphatic carbocycles. The van der Waals surface area contributed by atoms with Crippen molar-refractivity contribution in [2.75, 3.05) is 31.2 Å². The zero-order valence-electron chi connectivity index (χ0n) is 13.4. The number of nitrogens with one attached hydrogen (secondary N) is 2. The van der Waals surface area contributed by atoms with E-state index < -0.39 is 0 Å². The Kier molecular flexibility index (Phi) is 4.92. The zero-order chi connectivity index (χ0) is 16.1. The highest BCUT2D eigenvalue weighted by Crippen LogP contribution is 2.23. The number of benzene rings is 1. The predicted octanol–water partition coefficient (Wildman–Crippen LogP) is 1.82. The second-order valence-corrected chi connectivity index (χ2v) is 5.76. The number of nitrogens with zero attached hydrogens (tertiary/aromatic N) is 2. The third kappa shape index (κ3) is 3.90. The molecule has 6 heteroatoms. The summed E-state index contributed by atoms with van der Waals surface area (Å²) in [5.41, 5.74) is 8.10. The fourth-order valence-corrected chi connectivity index (χ4v) is 2.83. The Hall–Kier alpha value is -2.34. The van der Waals surface area contributed by atoms with Crippen molar-refractivity contribution < 1.29 is 4.74 Å². The van der Waals surface area contributed by atoms with Crippen LogP contribution in [0, 0.1) is 0 Å². The average Bonchev–Trinajstić information content (AvgIpc) is 2.59. The standard InChI is InChI=1S/C17H23N5O/c1-23-15-5-3-2-4-12(15)10-13-11-20-17(22-16(13)18)21-14-6-8-19-9-7-14/h2-5,11,14,19H,6-10H2,1H3,(H3,18,20,21,22). The quantitative estimate of drug-likeness (QED) is 0.781. The molecule has 0 unspecified atom stereocenters. The van der Waals surface area contributed by atoms with E-state index in [2.05, 4.69) is 20.6 Å². The van der Waals surface area contributed by atoms with Crippen LogP contribution >= 0.6 is 0 Å². The van der Waals surface area contributed by atoms with Crippen molar-refractivity contribution in [2.45, 2.75) is 25.3 Å². The largest absolute Gasteiger partial charge is 0.496 e. The first-order chi connectivity index (χ1) is 11.3. The van der Waals surface area contributed by atoms with Gasteiger partial charge in [0, 0.05) is 24.2 Å². The van der Waals surface area contributed by atoms with Crippen molar-refractivity contribution in [1.82, 2.24) is 15.3 Å². The highest BCUT2D eigenvalue weighted by molar-refractivity contribution is 5.47. The second kappa shape index (κ2) is 7.28. The van der Waals surface area contributed by atoms with Gasteiger partial charge in [0.1, 0.15) is 11.6 Å². The minimum atomic E-state index is 0.413. The predicted molar refractivity (Wildman–Crippen MR) is 91.8 cm³/mol. The number of hydrogen-bond donors (Lipinski definition) is 3. The summed E-state index contributed by atoms with van der Waals surface area (Å²) in [6, 6.07) is 8.32. The summed E-state index contributed by atoms with van der Waals surface area (Å²) in [6.45, 7) is 2.05.